The van der Waals surface area contributed by atoms with Gasteiger partial charge >= 0.3 is 0 Å². The Balaban J connectivity index is 0.00000484. The zero-order valence-corrected chi connectivity index (χ0v) is 17.4. The summed E-state index contributed by atoms with van der Waals surface area (Å²) in [7, 11) is -1.42. The minimum Gasteiger partial charge on any atom is -0.355 e. The molecule has 0 atom stereocenters. The fourth-order valence-corrected chi connectivity index (χ4v) is 2.90. The third-order valence-corrected chi connectivity index (χ3v) is 4.16. The van der Waals surface area contributed by atoms with Crippen LogP contribution >= 0.6 is 24.0 Å². The van der Waals surface area contributed by atoms with Gasteiger partial charge in [0.2, 0.25) is 10.0 Å². The zero-order valence-electron chi connectivity index (χ0n) is 14.3. The van der Waals surface area contributed by atoms with E-state index in [4.69, 9.17) is 0 Å². The zero-order chi connectivity index (χ0) is 16.6. The van der Waals surface area contributed by atoms with E-state index in [2.05, 4.69) is 38.8 Å². The lowest BCUT2D eigenvalue weighted by Gasteiger charge is -2.33. The van der Waals surface area contributed by atoms with Gasteiger partial charge in [-0.25, -0.2) is 13.1 Å². The number of hydrogen-bond donors (Lipinski definition) is 3. The maximum atomic E-state index is 11.0. The largest absolute Gasteiger partial charge is 0.355 e. The maximum absolute atomic E-state index is 11.0. The fraction of sp³-hybridized carbons (Fsp3) is 0.786. The van der Waals surface area contributed by atoms with E-state index >= 15 is 0 Å². The summed E-state index contributed by atoms with van der Waals surface area (Å²) >= 11 is 0. The third-order valence-electron chi connectivity index (χ3n) is 3.43. The van der Waals surface area contributed by atoms with Crippen LogP contribution < -0.4 is 15.4 Å². The molecular weight excluding hydrogens is 429 g/mol. The summed E-state index contributed by atoms with van der Waals surface area (Å²) in [5.74, 6) is 0.716. The van der Waals surface area contributed by atoms with Crippen LogP contribution in [0.5, 0.6) is 0 Å². The molecule has 1 rings (SSSR count). The molecule has 0 spiro atoms. The van der Waals surface area contributed by atoms with E-state index < -0.39 is 10.0 Å². The molecule has 0 amide bonds. The van der Waals surface area contributed by atoms with E-state index in [1.165, 1.54) is 5.57 Å². The number of nitrogens with one attached hydrogen (secondary N) is 3. The molecule has 9 heteroatoms. The Hall–Kier alpha value is -0.390. The molecule has 7 nitrogen and oxygen atoms in total. The topological polar surface area (TPSA) is 85.8 Å². The average molecular weight is 459 g/mol. The van der Waals surface area contributed by atoms with Crippen molar-refractivity contribution in [3.63, 3.8) is 0 Å². The Morgan fingerprint density at radius 3 is 2.39 bits per heavy atom. The molecule has 0 bridgehead atoms. The highest BCUT2D eigenvalue weighted by atomic mass is 127. The van der Waals surface area contributed by atoms with Crippen molar-refractivity contribution in [1.29, 1.82) is 0 Å². The molecule has 0 aromatic carbocycles. The van der Waals surface area contributed by atoms with Crippen LogP contribution in [0.4, 0.5) is 0 Å². The number of guanidine groups is 1. The molecule has 1 aliphatic rings. The van der Waals surface area contributed by atoms with E-state index in [1.54, 1.807) is 7.05 Å². The summed E-state index contributed by atoms with van der Waals surface area (Å²) < 4.78 is 24.4. The Bertz CT molecular complexity index is 487. The smallest absolute Gasteiger partial charge is 0.208 e. The SMILES string of the molecule is C=C(C)CN1CCC(NC(=NC)NCCNS(C)(=O)=O)CC1.I. The first-order valence-electron chi connectivity index (χ1n) is 7.58. The molecular formula is C14H30IN5O2S. The number of likely N-dealkylation sites (tertiary alicyclic amines) is 1. The predicted molar refractivity (Wildman–Crippen MR) is 107 cm³/mol. The quantitative estimate of drug-likeness (QED) is 0.168. The van der Waals surface area contributed by atoms with Crippen molar-refractivity contribution in [3.8, 4) is 0 Å². The van der Waals surface area contributed by atoms with Gasteiger partial charge in [0.1, 0.15) is 0 Å². The normalized spacial score (nSPS) is 17.4. The van der Waals surface area contributed by atoms with Crippen LogP contribution in [-0.4, -0.2) is 71.3 Å². The van der Waals surface area contributed by atoms with E-state index in [-0.39, 0.29) is 24.0 Å². The van der Waals surface area contributed by atoms with Gasteiger partial charge in [-0.1, -0.05) is 12.2 Å². The minimum absolute atomic E-state index is 0. The molecule has 136 valence electrons. The molecule has 3 N–H and O–H groups in total. The number of aliphatic imine (C=N–C) groups is 1. The van der Waals surface area contributed by atoms with Crippen LogP contribution in [-0.2, 0) is 10.0 Å². The number of sulfonamides is 1. The number of rotatable bonds is 7. The van der Waals surface area contributed by atoms with Crippen LogP contribution in [0.25, 0.3) is 0 Å². The van der Waals surface area contributed by atoms with Crippen molar-refractivity contribution in [1.82, 2.24) is 20.3 Å². The first-order chi connectivity index (χ1) is 10.3. The lowest BCUT2D eigenvalue weighted by molar-refractivity contribution is 0.221. The molecule has 1 heterocycles. The van der Waals surface area contributed by atoms with Crippen LogP contribution in [0.2, 0.25) is 0 Å². The van der Waals surface area contributed by atoms with Gasteiger partial charge in [-0.2, -0.15) is 0 Å². The van der Waals surface area contributed by atoms with E-state index in [9.17, 15) is 8.42 Å². The van der Waals surface area contributed by atoms with Gasteiger partial charge < -0.3 is 10.6 Å². The van der Waals surface area contributed by atoms with Crippen molar-refractivity contribution in [2.45, 2.75) is 25.8 Å². The third kappa shape index (κ3) is 10.9. The maximum Gasteiger partial charge on any atom is 0.208 e. The summed E-state index contributed by atoms with van der Waals surface area (Å²) in [5, 5.41) is 6.51. The Labute approximate surface area is 157 Å². The summed E-state index contributed by atoms with van der Waals surface area (Å²) in [6.45, 7) is 9.93. The van der Waals surface area contributed by atoms with E-state index in [0.717, 1.165) is 38.7 Å². The van der Waals surface area contributed by atoms with Gasteiger partial charge in [-0.3, -0.25) is 9.89 Å². The molecule has 0 aromatic rings. The molecule has 23 heavy (non-hydrogen) atoms. The summed E-state index contributed by atoms with van der Waals surface area (Å²) in [5.41, 5.74) is 1.20. The van der Waals surface area contributed by atoms with E-state index in [0.29, 0.717) is 25.1 Å². The molecule has 0 aromatic heterocycles. The fourth-order valence-electron chi connectivity index (χ4n) is 2.42. The van der Waals surface area contributed by atoms with Crippen LogP contribution in [0.1, 0.15) is 19.8 Å². The van der Waals surface area contributed by atoms with Crippen LogP contribution in [0, 0.1) is 0 Å². The molecule has 0 radical (unpaired) electrons. The second-order valence-corrected chi connectivity index (χ2v) is 7.65. The van der Waals surface area contributed by atoms with Crippen LogP contribution in [0.15, 0.2) is 17.1 Å². The van der Waals surface area contributed by atoms with Crippen LogP contribution in [0.3, 0.4) is 0 Å². The van der Waals surface area contributed by atoms with Gasteiger partial charge in [0.25, 0.3) is 0 Å². The molecule has 0 aliphatic carbocycles. The summed E-state index contributed by atoms with van der Waals surface area (Å²) in [6, 6.07) is 0.399. The molecule has 1 fully saturated rings. The molecule has 1 saturated heterocycles. The number of piperidine rings is 1. The Morgan fingerprint density at radius 2 is 1.91 bits per heavy atom. The minimum atomic E-state index is -3.14. The highest BCUT2D eigenvalue weighted by Crippen LogP contribution is 2.11. The Kier molecular flexibility index (Phi) is 11.0. The second-order valence-electron chi connectivity index (χ2n) is 5.82. The summed E-state index contributed by atoms with van der Waals surface area (Å²) in [6.07, 6.45) is 3.28. The molecule has 1 aliphatic heterocycles. The van der Waals surface area contributed by atoms with Gasteiger partial charge in [-0.15, -0.1) is 24.0 Å². The molecule has 0 unspecified atom stereocenters. The van der Waals surface area contributed by atoms with Crippen molar-refractivity contribution >= 4 is 40.0 Å². The van der Waals surface area contributed by atoms with Crippen molar-refractivity contribution < 1.29 is 8.42 Å². The van der Waals surface area contributed by atoms with Gasteiger partial charge in [0.15, 0.2) is 5.96 Å². The first-order valence-corrected chi connectivity index (χ1v) is 9.48. The van der Waals surface area contributed by atoms with Crippen molar-refractivity contribution in [2.24, 2.45) is 4.99 Å². The average Bonchev–Trinajstić information content (AvgIpc) is 2.42. The van der Waals surface area contributed by atoms with E-state index in [1.807, 2.05) is 0 Å². The monoisotopic (exact) mass is 459 g/mol. The number of hydrogen-bond acceptors (Lipinski definition) is 4. The summed E-state index contributed by atoms with van der Waals surface area (Å²) in [4.78, 5) is 6.58. The highest BCUT2D eigenvalue weighted by molar-refractivity contribution is 14.0. The lowest BCUT2D eigenvalue weighted by Crippen LogP contribution is -2.49. The van der Waals surface area contributed by atoms with Gasteiger partial charge in [0, 0.05) is 45.8 Å². The van der Waals surface area contributed by atoms with Gasteiger partial charge in [0.05, 0.1) is 6.26 Å². The van der Waals surface area contributed by atoms with Crippen molar-refractivity contribution in [2.75, 3.05) is 46.0 Å². The predicted octanol–water partition coefficient (Wildman–Crippen LogP) is 0.359. The highest BCUT2D eigenvalue weighted by Gasteiger charge is 2.19. The standard InChI is InChI=1S/C14H29N5O2S.HI/c1-12(2)11-19-9-5-13(6-10-19)18-14(15-3)16-7-8-17-22(4,20)21;/h13,17H,1,5-11H2,2-4H3,(H2,15,16,18);1H. The second kappa shape index (κ2) is 11.2. The lowest BCUT2D eigenvalue weighted by atomic mass is 10.0. The first kappa shape index (κ1) is 22.6. The Morgan fingerprint density at radius 1 is 1.30 bits per heavy atom. The molecule has 0 saturated carbocycles. The number of nitrogens with zero attached hydrogens (tertiary/aromatic N) is 2. The van der Waals surface area contributed by atoms with Crippen molar-refractivity contribution in [3.05, 3.63) is 12.2 Å². The number of halogens is 1. The van der Waals surface area contributed by atoms with Gasteiger partial charge in [-0.05, 0) is 19.8 Å².